The minimum atomic E-state index is -0.719. The van der Waals surface area contributed by atoms with Crippen molar-refractivity contribution in [2.75, 3.05) is 7.11 Å². The second kappa shape index (κ2) is 5.54. The molecule has 2 aromatic carbocycles. The Labute approximate surface area is 126 Å². The van der Waals surface area contributed by atoms with Gasteiger partial charge in [0, 0.05) is 28.6 Å². The fraction of sp³-hybridized carbons (Fsp3) is 0.250. The standard InChI is InChI=1S/C16H14ClFO3/c1-20-10-3-4-11-14(19)8-16(21-15(11)7-10)12-6-9(17)2-5-13(12)18/h2-7,14,16,19H,8H2,1H3/t14-,16?/m0/s1. The van der Waals surface area contributed by atoms with Gasteiger partial charge in [-0.2, -0.15) is 0 Å². The highest BCUT2D eigenvalue weighted by atomic mass is 35.5. The van der Waals surface area contributed by atoms with E-state index in [2.05, 4.69) is 0 Å². The molecule has 1 unspecified atom stereocenters. The summed E-state index contributed by atoms with van der Waals surface area (Å²) in [7, 11) is 1.55. The third-order valence-electron chi connectivity index (χ3n) is 3.59. The summed E-state index contributed by atoms with van der Waals surface area (Å²) in [5, 5.41) is 10.7. The summed E-state index contributed by atoms with van der Waals surface area (Å²) < 4.78 is 24.9. The van der Waals surface area contributed by atoms with E-state index in [1.54, 1.807) is 25.3 Å². The highest BCUT2D eigenvalue weighted by molar-refractivity contribution is 6.30. The maximum Gasteiger partial charge on any atom is 0.130 e. The maximum atomic E-state index is 14.0. The van der Waals surface area contributed by atoms with Gasteiger partial charge in [0.25, 0.3) is 0 Å². The number of ether oxygens (including phenoxy) is 2. The molecule has 3 nitrogen and oxygen atoms in total. The van der Waals surface area contributed by atoms with Gasteiger partial charge >= 0.3 is 0 Å². The van der Waals surface area contributed by atoms with E-state index in [0.717, 1.165) is 0 Å². The van der Waals surface area contributed by atoms with Crippen LogP contribution in [0.5, 0.6) is 11.5 Å². The summed E-state index contributed by atoms with van der Waals surface area (Å²) in [5.74, 6) is 0.716. The van der Waals surface area contributed by atoms with Crippen molar-refractivity contribution in [1.29, 1.82) is 0 Å². The van der Waals surface area contributed by atoms with E-state index in [1.165, 1.54) is 18.2 Å². The number of rotatable bonds is 2. The largest absolute Gasteiger partial charge is 0.497 e. The van der Waals surface area contributed by atoms with Gasteiger partial charge in [-0.1, -0.05) is 11.6 Å². The first-order valence-electron chi connectivity index (χ1n) is 6.56. The van der Waals surface area contributed by atoms with Crippen LogP contribution >= 0.6 is 11.6 Å². The Balaban J connectivity index is 1.98. The summed E-state index contributed by atoms with van der Waals surface area (Å²) in [6.45, 7) is 0. The van der Waals surface area contributed by atoms with Crippen molar-refractivity contribution in [2.45, 2.75) is 18.6 Å². The van der Waals surface area contributed by atoms with Crippen LogP contribution in [0.4, 0.5) is 4.39 Å². The molecule has 1 aliphatic rings. The quantitative estimate of drug-likeness (QED) is 0.910. The van der Waals surface area contributed by atoms with Crippen molar-refractivity contribution in [3.05, 3.63) is 58.4 Å². The van der Waals surface area contributed by atoms with Crippen LogP contribution in [0, 0.1) is 5.82 Å². The van der Waals surface area contributed by atoms with Gasteiger partial charge in [-0.05, 0) is 30.3 Å². The zero-order valence-electron chi connectivity index (χ0n) is 11.3. The number of aliphatic hydroxyl groups excluding tert-OH is 1. The van der Waals surface area contributed by atoms with Crippen LogP contribution in [0.25, 0.3) is 0 Å². The molecule has 2 aromatic rings. The molecule has 3 rings (SSSR count). The third-order valence-corrected chi connectivity index (χ3v) is 3.83. The van der Waals surface area contributed by atoms with Gasteiger partial charge in [0.15, 0.2) is 0 Å². The smallest absolute Gasteiger partial charge is 0.130 e. The zero-order valence-corrected chi connectivity index (χ0v) is 12.1. The van der Waals surface area contributed by atoms with Crippen LogP contribution in [-0.2, 0) is 0 Å². The van der Waals surface area contributed by atoms with Gasteiger partial charge in [-0.25, -0.2) is 4.39 Å². The number of fused-ring (bicyclic) bond motifs is 1. The lowest BCUT2D eigenvalue weighted by Gasteiger charge is -2.30. The number of halogens is 2. The lowest BCUT2D eigenvalue weighted by Crippen LogP contribution is -2.20. The van der Waals surface area contributed by atoms with Crippen molar-refractivity contribution in [1.82, 2.24) is 0 Å². The Morgan fingerprint density at radius 3 is 2.81 bits per heavy atom. The predicted molar refractivity (Wildman–Crippen MR) is 77.3 cm³/mol. The highest BCUT2D eigenvalue weighted by Gasteiger charge is 2.30. The molecule has 5 heteroatoms. The second-order valence-corrected chi connectivity index (χ2v) is 5.36. The summed E-state index contributed by atoms with van der Waals surface area (Å²) in [6, 6.07) is 9.51. The Morgan fingerprint density at radius 2 is 2.05 bits per heavy atom. The zero-order chi connectivity index (χ0) is 15.0. The molecule has 0 amide bonds. The van der Waals surface area contributed by atoms with E-state index in [4.69, 9.17) is 21.1 Å². The fourth-order valence-corrected chi connectivity index (χ4v) is 2.68. The van der Waals surface area contributed by atoms with Crippen LogP contribution in [0.1, 0.15) is 29.8 Å². The van der Waals surface area contributed by atoms with Crippen LogP contribution in [0.15, 0.2) is 36.4 Å². The Bertz CT molecular complexity index is 675. The summed E-state index contributed by atoms with van der Waals surface area (Å²) in [5.41, 5.74) is 1.02. The molecule has 1 aliphatic heterocycles. The monoisotopic (exact) mass is 308 g/mol. The van der Waals surface area contributed by atoms with Crippen molar-refractivity contribution < 1.29 is 19.0 Å². The summed E-state index contributed by atoms with van der Waals surface area (Å²) in [4.78, 5) is 0. The van der Waals surface area contributed by atoms with Gasteiger partial charge in [0.05, 0.1) is 13.2 Å². The van der Waals surface area contributed by atoms with Gasteiger partial charge in [-0.15, -0.1) is 0 Å². The molecule has 1 N–H and O–H groups in total. The lowest BCUT2D eigenvalue weighted by atomic mass is 9.94. The molecular weight excluding hydrogens is 295 g/mol. The minimum Gasteiger partial charge on any atom is -0.497 e. The first-order chi connectivity index (χ1) is 10.1. The summed E-state index contributed by atoms with van der Waals surface area (Å²) >= 11 is 5.92. The molecule has 0 aromatic heterocycles. The number of hydrogen-bond acceptors (Lipinski definition) is 3. The average Bonchev–Trinajstić information content (AvgIpc) is 2.49. The van der Waals surface area contributed by atoms with E-state index < -0.39 is 18.0 Å². The molecule has 0 spiro atoms. The van der Waals surface area contributed by atoms with E-state index >= 15 is 0 Å². The van der Waals surface area contributed by atoms with E-state index in [0.29, 0.717) is 27.6 Å². The first-order valence-corrected chi connectivity index (χ1v) is 6.94. The molecule has 0 saturated heterocycles. The summed E-state index contributed by atoms with van der Waals surface area (Å²) in [6.07, 6.45) is -1.03. The van der Waals surface area contributed by atoms with Crippen LogP contribution in [0.2, 0.25) is 5.02 Å². The van der Waals surface area contributed by atoms with Crippen molar-refractivity contribution in [2.24, 2.45) is 0 Å². The topological polar surface area (TPSA) is 38.7 Å². The fourth-order valence-electron chi connectivity index (χ4n) is 2.50. The van der Waals surface area contributed by atoms with Gasteiger partial charge < -0.3 is 14.6 Å². The number of hydrogen-bond donors (Lipinski definition) is 1. The molecule has 1 heterocycles. The van der Waals surface area contributed by atoms with Crippen LogP contribution in [-0.4, -0.2) is 12.2 Å². The number of benzene rings is 2. The normalized spacial score (nSPS) is 20.6. The van der Waals surface area contributed by atoms with Crippen molar-refractivity contribution >= 4 is 11.6 Å². The van der Waals surface area contributed by atoms with Gasteiger partial charge in [-0.3, -0.25) is 0 Å². The molecule has 0 bridgehead atoms. The molecule has 0 fully saturated rings. The molecule has 0 aliphatic carbocycles. The molecular formula is C16H14ClFO3. The lowest BCUT2D eigenvalue weighted by molar-refractivity contribution is 0.0638. The Hall–Kier alpha value is -1.78. The van der Waals surface area contributed by atoms with Crippen molar-refractivity contribution in [3.8, 4) is 11.5 Å². The average molecular weight is 309 g/mol. The Morgan fingerprint density at radius 1 is 1.24 bits per heavy atom. The van der Waals surface area contributed by atoms with Gasteiger partial charge in [0.2, 0.25) is 0 Å². The minimum absolute atomic E-state index is 0.274. The first kappa shape index (κ1) is 14.2. The van der Waals surface area contributed by atoms with Crippen LogP contribution in [0.3, 0.4) is 0 Å². The third kappa shape index (κ3) is 2.69. The predicted octanol–water partition coefficient (Wildman–Crippen LogP) is 4.04. The second-order valence-electron chi connectivity index (χ2n) is 4.93. The highest BCUT2D eigenvalue weighted by Crippen LogP contribution is 2.43. The van der Waals surface area contributed by atoms with E-state index in [-0.39, 0.29) is 6.42 Å². The van der Waals surface area contributed by atoms with E-state index in [9.17, 15) is 9.50 Å². The number of methoxy groups -OCH3 is 1. The SMILES string of the molecule is COc1ccc2c(c1)OC(c1cc(Cl)ccc1F)C[C@@H]2O. The molecule has 0 saturated carbocycles. The molecule has 21 heavy (non-hydrogen) atoms. The van der Waals surface area contributed by atoms with Crippen LogP contribution < -0.4 is 9.47 Å². The molecule has 2 atom stereocenters. The number of aliphatic hydroxyl groups is 1. The molecule has 0 radical (unpaired) electrons. The Kier molecular flexibility index (Phi) is 3.74. The van der Waals surface area contributed by atoms with E-state index in [1.807, 2.05) is 0 Å². The maximum absolute atomic E-state index is 14.0. The van der Waals surface area contributed by atoms with Crippen molar-refractivity contribution in [3.63, 3.8) is 0 Å². The van der Waals surface area contributed by atoms with Gasteiger partial charge in [0.1, 0.15) is 23.4 Å². The molecule has 110 valence electrons.